The van der Waals surface area contributed by atoms with Crippen LogP contribution in [-0.2, 0) is 5.75 Å². The van der Waals surface area contributed by atoms with E-state index in [0.29, 0.717) is 0 Å². The highest BCUT2D eigenvalue weighted by Crippen LogP contribution is 2.27. The maximum atomic E-state index is 12.8. The highest BCUT2D eigenvalue weighted by atomic mass is 32.2. The maximum absolute atomic E-state index is 12.8. The molecule has 198 valence electrons. The predicted octanol–water partition coefficient (Wildman–Crippen LogP) is 5.46. The van der Waals surface area contributed by atoms with Gasteiger partial charge < -0.3 is 9.80 Å². The fraction of sp³-hybridized carbons (Fsp3) is 0.387. The van der Waals surface area contributed by atoms with Crippen LogP contribution in [0.3, 0.4) is 0 Å². The number of carbonyl (C=O) groups is 1. The Morgan fingerprint density at radius 2 is 1.68 bits per heavy atom. The molecule has 2 saturated heterocycles. The smallest absolute Gasteiger partial charge is 0.253 e. The number of hydrogen-bond donors (Lipinski definition) is 0. The molecule has 2 aliphatic rings. The normalized spacial score (nSPS) is 16.5. The van der Waals surface area contributed by atoms with Gasteiger partial charge in [0.15, 0.2) is 5.16 Å². The number of rotatable bonds is 8. The fourth-order valence-corrected chi connectivity index (χ4v) is 5.88. The van der Waals surface area contributed by atoms with Gasteiger partial charge >= 0.3 is 0 Å². The molecule has 0 bridgehead atoms. The number of benzene rings is 2. The van der Waals surface area contributed by atoms with Gasteiger partial charge in [-0.2, -0.15) is 0 Å². The highest BCUT2D eigenvalue weighted by Gasteiger charge is 2.22. The number of piperazine rings is 1. The van der Waals surface area contributed by atoms with Crippen LogP contribution in [0.25, 0.3) is 6.08 Å². The number of anilines is 1. The molecule has 0 saturated carbocycles. The summed E-state index contributed by atoms with van der Waals surface area (Å²) in [6, 6.07) is 18.5. The Morgan fingerprint density at radius 1 is 0.921 bits per heavy atom. The highest BCUT2D eigenvalue weighted by molar-refractivity contribution is 7.98. The van der Waals surface area contributed by atoms with Crippen LogP contribution >= 0.6 is 11.8 Å². The van der Waals surface area contributed by atoms with Gasteiger partial charge in [0.2, 0.25) is 0 Å². The van der Waals surface area contributed by atoms with Gasteiger partial charge in [0, 0.05) is 68.4 Å². The number of nitrogens with zero attached hydrogens (tertiary/aromatic N) is 5. The summed E-state index contributed by atoms with van der Waals surface area (Å²) in [4.78, 5) is 29.4. The van der Waals surface area contributed by atoms with Crippen molar-refractivity contribution in [2.75, 3.05) is 50.7 Å². The summed E-state index contributed by atoms with van der Waals surface area (Å²) in [5.41, 5.74) is 5.34. The molecule has 2 aliphatic heterocycles. The lowest BCUT2D eigenvalue weighted by atomic mass is 10.1. The first-order valence-electron chi connectivity index (χ1n) is 13.6. The van der Waals surface area contributed by atoms with E-state index >= 15 is 0 Å². The molecule has 2 fully saturated rings. The quantitative estimate of drug-likeness (QED) is 0.287. The number of amides is 1. The molecule has 1 amide bonds. The summed E-state index contributed by atoms with van der Waals surface area (Å²) in [5, 5.41) is 0.799. The molecule has 0 spiro atoms. The molecule has 6 nitrogen and oxygen atoms in total. The van der Waals surface area contributed by atoms with E-state index in [1.807, 2.05) is 29.2 Å². The van der Waals surface area contributed by atoms with Crippen LogP contribution in [0.1, 0.15) is 45.6 Å². The third-order valence-corrected chi connectivity index (χ3v) is 8.34. The van der Waals surface area contributed by atoms with Gasteiger partial charge in [-0.1, -0.05) is 66.4 Å². The zero-order chi connectivity index (χ0) is 26.3. The van der Waals surface area contributed by atoms with E-state index in [1.165, 1.54) is 5.56 Å². The van der Waals surface area contributed by atoms with Crippen molar-refractivity contribution >= 4 is 29.6 Å². The minimum absolute atomic E-state index is 0.147. The molecule has 38 heavy (non-hydrogen) atoms. The molecule has 5 rings (SSSR count). The first-order valence-corrected chi connectivity index (χ1v) is 14.6. The summed E-state index contributed by atoms with van der Waals surface area (Å²) in [5.74, 6) is 1.94. The summed E-state index contributed by atoms with van der Waals surface area (Å²) >= 11 is 1.64. The number of likely N-dealkylation sites (tertiary alicyclic amines) is 1. The third kappa shape index (κ3) is 6.63. The van der Waals surface area contributed by atoms with E-state index in [4.69, 9.17) is 9.97 Å². The maximum Gasteiger partial charge on any atom is 0.253 e. The largest absolute Gasteiger partial charge is 0.354 e. The van der Waals surface area contributed by atoms with Crippen molar-refractivity contribution in [3.05, 3.63) is 88.6 Å². The average Bonchev–Trinajstić information content (AvgIpc) is 3.50. The molecule has 7 heteroatoms. The molecule has 0 N–H and O–H groups in total. The number of aromatic nitrogens is 2. The standard InChI is InChI=1S/C31H37N5OS/c1-24-25(2)32-31(38-23-27-12-8-14-28(22-27)30(37)36-16-6-7-17-36)33-29(24)35-20-18-34(19-21-35)15-9-13-26-10-4-3-5-11-26/h3-5,8-14,22H,6-7,15-21,23H2,1-2H3. The average molecular weight is 528 g/mol. The van der Waals surface area contributed by atoms with E-state index in [0.717, 1.165) is 97.8 Å². The molecule has 2 aromatic carbocycles. The second-order valence-corrected chi connectivity index (χ2v) is 11.1. The van der Waals surface area contributed by atoms with Crippen molar-refractivity contribution < 1.29 is 4.79 Å². The number of carbonyl (C=O) groups excluding carboxylic acids is 1. The number of hydrogen-bond acceptors (Lipinski definition) is 6. The van der Waals surface area contributed by atoms with Crippen molar-refractivity contribution in [3.8, 4) is 0 Å². The predicted molar refractivity (Wildman–Crippen MR) is 157 cm³/mol. The minimum atomic E-state index is 0.147. The Balaban J connectivity index is 1.18. The molecule has 3 aromatic rings. The Hall–Kier alpha value is -3.16. The summed E-state index contributed by atoms with van der Waals surface area (Å²) in [6.07, 6.45) is 6.67. The lowest BCUT2D eigenvalue weighted by Crippen LogP contribution is -2.47. The van der Waals surface area contributed by atoms with Crippen LogP contribution in [0.15, 0.2) is 65.8 Å². The van der Waals surface area contributed by atoms with Crippen LogP contribution in [0, 0.1) is 13.8 Å². The van der Waals surface area contributed by atoms with Gasteiger partial charge in [-0.05, 0) is 49.9 Å². The van der Waals surface area contributed by atoms with Gasteiger partial charge in [0.05, 0.1) is 0 Å². The van der Waals surface area contributed by atoms with Crippen molar-refractivity contribution in [1.82, 2.24) is 19.8 Å². The Kier molecular flexibility index (Phi) is 8.76. The molecule has 1 aromatic heterocycles. The monoisotopic (exact) mass is 527 g/mol. The second-order valence-electron chi connectivity index (χ2n) is 10.1. The fourth-order valence-electron chi connectivity index (χ4n) is 5.05. The second kappa shape index (κ2) is 12.6. The SMILES string of the molecule is Cc1nc(SCc2cccc(C(=O)N3CCCC3)c2)nc(N2CCN(CC=Cc3ccccc3)CC2)c1C. The van der Waals surface area contributed by atoms with Crippen LogP contribution in [0.2, 0.25) is 0 Å². The van der Waals surface area contributed by atoms with Crippen LogP contribution in [-0.4, -0.2) is 71.5 Å². The number of thioether (sulfide) groups is 1. The van der Waals surface area contributed by atoms with Gasteiger partial charge in [-0.3, -0.25) is 9.69 Å². The van der Waals surface area contributed by atoms with Gasteiger partial charge in [-0.25, -0.2) is 9.97 Å². The lowest BCUT2D eigenvalue weighted by Gasteiger charge is -2.35. The summed E-state index contributed by atoms with van der Waals surface area (Å²) < 4.78 is 0. The van der Waals surface area contributed by atoms with Crippen molar-refractivity contribution in [2.45, 2.75) is 37.6 Å². The van der Waals surface area contributed by atoms with Gasteiger partial charge in [-0.15, -0.1) is 0 Å². The van der Waals surface area contributed by atoms with Crippen molar-refractivity contribution in [3.63, 3.8) is 0 Å². The molecule has 0 unspecified atom stereocenters. The number of aryl methyl sites for hydroxylation is 1. The first kappa shape index (κ1) is 26.4. The van der Waals surface area contributed by atoms with E-state index in [9.17, 15) is 4.79 Å². The van der Waals surface area contributed by atoms with Crippen LogP contribution in [0.4, 0.5) is 5.82 Å². The van der Waals surface area contributed by atoms with E-state index in [2.05, 4.69) is 66.1 Å². The Bertz CT molecular complexity index is 1260. The van der Waals surface area contributed by atoms with Crippen LogP contribution < -0.4 is 4.90 Å². The van der Waals surface area contributed by atoms with Gasteiger partial charge in [0.1, 0.15) is 5.82 Å². The van der Waals surface area contributed by atoms with Crippen LogP contribution in [0.5, 0.6) is 0 Å². The van der Waals surface area contributed by atoms with E-state index in [-0.39, 0.29) is 5.91 Å². The summed E-state index contributed by atoms with van der Waals surface area (Å²) in [6.45, 7) is 10.9. The topological polar surface area (TPSA) is 52.6 Å². The molecular formula is C31H37N5OS. The zero-order valence-corrected chi connectivity index (χ0v) is 23.3. The molecule has 0 atom stereocenters. The zero-order valence-electron chi connectivity index (χ0n) is 22.5. The molecule has 3 heterocycles. The van der Waals surface area contributed by atoms with E-state index in [1.54, 1.807) is 11.8 Å². The molecule has 0 radical (unpaired) electrons. The Morgan fingerprint density at radius 3 is 2.45 bits per heavy atom. The summed E-state index contributed by atoms with van der Waals surface area (Å²) in [7, 11) is 0. The van der Waals surface area contributed by atoms with Crippen molar-refractivity contribution in [2.24, 2.45) is 0 Å². The van der Waals surface area contributed by atoms with Crippen molar-refractivity contribution in [1.29, 1.82) is 0 Å². The minimum Gasteiger partial charge on any atom is -0.354 e. The Labute approximate surface area is 230 Å². The first-order chi connectivity index (χ1) is 18.6. The molecule has 0 aliphatic carbocycles. The lowest BCUT2D eigenvalue weighted by molar-refractivity contribution is 0.0792. The molecular weight excluding hydrogens is 490 g/mol. The van der Waals surface area contributed by atoms with E-state index < -0.39 is 0 Å². The van der Waals surface area contributed by atoms with Gasteiger partial charge in [0.25, 0.3) is 5.91 Å². The third-order valence-electron chi connectivity index (χ3n) is 7.42.